The van der Waals surface area contributed by atoms with E-state index in [2.05, 4.69) is 0 Å². The Bertz CT molecular complexity index is 297. The number of aromatic hydroxyl groups is 1. The van der Waals surface area contributed by atoms with E-state index in [4.69, 9.17) is 10.5 Å². The van der Waals surface area contributed by atoms with Gasteiger partial charge in [-0.25, -0.2) is 0 Å². The molecule has 78 valence electrons. The van der Waals surface area contributed by atoms with Gasteiger partial charge in [0.25, 0.3) is 0 Å². The van der Waals surface area contributed by atoms with Crippen molar-refractivity contribution in [2.24, 2.45) is 5.73 Å². The molecule has 3 heteroatoms. The van der Waals surface area contributed by atoms with E-state index in [1.54, 1.807) is 18.2 Å². The lowest BCUT2D eigenvalue weighted by atomic mass is 10.1. The smallest absolute Gasteiger partial charge is 0.120 e. The Morgan fingerprint density at radius 1 is 1.50 bits per heavy atom. The highest BCUT2D eigenvalue weighted by Gasteiger charge is 2.07. The zero-order valence-electron chi connectivity index (χ0n) is 8.66. The Balaban J connectivity index is 2.83. The van der Waals surface area contributed by atoms with Crippen LogP contribution in [0.25, 0.3) is 0 Å². The maximum Gasteiger partial charge on any atom is 0.120 e. The number of nitrogens with two attached hydrogens (primary N) is 1. The van der Waals surface area contributed by atoms with Gasteiger partial charge in [0.1, 0.15) is 11.5 Å². The van der Waals surface area contributed by atoms with E-state index in [1.165, 1.54) is 0 Å². The normalized spacial score (nSPS) is 12.5. The number of hydrogen-bond acceptors (Lipinski definition) is 3. The van der Waals surface area contributed by atoms with Crippen molar-refractivity contribution in [2.75, 3.05) is 6.61 Å². The third kappa shape index (κ3) is 2.64. The van der Waals surface area contributed by atoms with Gasteiger partial charge in [-0.2, -0.15) is 0 Å². The monoisotopic (exact) mass is 195 g/mol. The first-order chi connectivity index (χ1) is 6.65. The summed E-state index contributed by atoms with van der Waals surface area (Å²) >= 11 is 0. The molecule has 0 radical (unpaired) electrons. The summed E-state index contributed by atoms with van der Waals surface area (Å²) in [6.07, 6.45) is 0.967. The zero-order chi connectivity index (χ0) is 10.6. The fourth-order valence-corrected chi connectivity index (χ4v) is 1.21. The number of benzene rings is 1. The van der Waals surface area contributed by atoms with E-state index in [-0.39, 0.29) is 11.8 Å². The Kier molecular flexibility index (Phi) is 3.77. The average molecular weight is 195 g/mol. The van der Waals surface area contributed by atoms with Crippen molar-refractivity contribution in [3.63, 3.8) is 0 Å². The molecule has 0 saturated heterocycles. The lowest BCUT2D eigenvalue weighted by Crippen LogP contribution is -2.05. The summed E-state index contributed by atoms with van der Waals surface area (Å²) in [6, 6.07) is 4.97. The van der Waals surface area contributed by atoms with Gasteiger partial charge in [-0.05, 0) is 31.5 Å². The quantitative estimate of drug-likeness (QED) is 0.774. The summed E-state index contributed by atoms with van der Waals surface area (Å²) in [4.78, 5) is 0. The minimum absolute atomic E-state index is 0.180. The van der Waals surface area contributed by atoms with Gasteiger partial charge in [0.05, 0.1) is 6.61 Å². The van der Waals surface area contributed by atoms with E-state index in [0.29, 0.717) is 6.61 Å². The molecule has 0 fully saturated rings. The second kappa shape index (κ2) is 4.86. The van der Waals surface area contributed by atoms with Crippen LogP contribution in [0.4, 0.5) is 0 Å². The number of phenolic OH excluding ortho intramolecular Hbond substituents is 1. The number of rotatable bonds is 4. The summed E-state index contributed by atoms with van der Waals surface area (Å²) in [5.74, 6) is 0.987. The van der Waals surface area contributed by atoms with Crippen molar-refractivity contribution in [2.45, 2.75) is 26.3 Å². The standard InChI is InChI=1S/C11H17NO2/c1-3-6-14-9-4-5-11(13)10(7-9)8(2)12/h4-5,7-8,13H,3,6,12H2,1-2H3. The molecule has 0 aliphatic heterocycles. The fourth-order valence-electron chi connectivity index (χ4n) is 1.21. The molecule has 0 aromatic heterocycles. The maximum atomic E-state index is 9.50. The van der Waals surface area contributed by atoms with Crippen LogP contribution in [0.2, 0.25) is 0 Å². The molecule has 1 aromatic carbocycles. The van der Waals surface area contributed by atoms with Crippen LogP contribution in [0, 0.1) is 0 Å². The van der Waals surface area contributed by atoms with Gasteiger partial charge in [-0.1, -0.05) is 6.92 Å². The molecule has 3 N–H and O–H groups in total. The number of hydrogen-bond donors (Lipinski definition) is 2. The predicted octanol–water partition coefficient (Wildman–Crippen LogP) is 2.20. The molecular weight excluding hydrogens is 178 g/mol. The molecule has 0 amide bonds. The zero-order valence-corrected chi connectivity index (χ0v) is 8.66. The summed E-state index contributed by atoms with van der Waals surface area (Å²) < 4.78 is 5.43. The highest BCUT2D eigenvalue weighted by molar-refractivity contribution is 5.40. The third-order valence-electron chi connectivity index (χ3n) is 1.96. The SMILES string of the molecule is CCCOc1ccc(O)c(C(C)N)c1. The van der Waals surface area contributed by atoms with Gasteiger partial charge in [0.15, 0.2) is 0 Å². The summed E-state index contributed by atoms with van der Waals surface area (Å²) in [5, 5.41) is 9.50. The van der Waals surface area contributed by atoms with E-state index >= 15 is 0 Å². The molecule has 0 heterocycles. The lowest BCUT2D eigenvalue weighted by Gasteiger charge is -2.11. The van der Waals surface area contributed by atoms with Gasteiger partial charge in [-0.15, -0.1) is 0 Å². The second-order valence-corrected chi connectivity index (χ2v) is 3.36. The van der Waals surface area contributed by atoms with Gasteiger partial charge in [0.2, 0.25) is 0 Å². The molecule has 0 bridgehead atoms. The highest BCUT2D eigenvalue weighted by Crippen LogP contribution is 2.27. The van der Waals surface area contributed by atoms with Gasteiger partial charge in [-0.3, -0.25) is 0 Å². The molecule has 3 nitrogen and oxygen atoms in total. The first kappa shape index (κ1) is 10.9. The van der Waals surface area contributed by atoms with Crippen molar-refractivity contribution in [1.29, 1.82) is 0 Å². The number of ether oxygens (including phenoxy) is 1. The molecule has 0 saturated carbocycles. The van der Waals surface area contributed by atoms with E-state index in [0.717, 1.165) is 17.7 Å². The Hall–Kier alpha value is -1.22. The Labute approximate surface area is 84.5 Å². The Morgan fingerprint density at radius 3 is 2.79 bits per heavy atom. The molecule has 0 aliphatic rings. The van der Waals surface area contributed by atoms with E-state index in [1.807, 2.05) is 13.8 Å². The Morgan fingerprint density at radius 2 is 2.21 bits per heavy atom. The van der Waals surface area contributed by atoms with Crippen LogP contribution in [-0.2, 0) is 0 Å². The largest absolute Gasteiger partial charge is 0.508 e. The minimum Gasteiger partial charge on any atom is -0.508 e. The van der Waals surface area contributed by atoms with Crippen LogP contribution >= 0.6 is 0 Å². The highest BCUT2D eigenvalue weighted by atomic mass is 16.5. The van der Waals surface area contributed by atoms with Crippen LogP contribution in [-0.4, -0.2) is 11.7 Å². The molecule has 14 heavy (non-hydrogen) atoms. The summed E-state index contributed by atoms with van der Waals surface area (Å²) in [6.45, 7) is 4.56. The lowest BCUT2D eigenvalue weighted by molar-refractivity contribution is 0.316. The molecule has 1 aromatic rings. The molecule has 1 rings (SSSR count). The van der Waals surface area contributed by atoms with Crippen molar-refractivity contribution >= 4 is 0 Å². The third-order valence-corrected chi connectivity index (χ3v) is 1.96. The van der Waals surface area contributed by atoms with Crippen molar-refractivity contribution in [1.82, 2.24) is 0 Å². The first-order valence-electron chi connectivity index (χ1n) is 4.86. The van der Waals surface area contributed by atoms with Crippen LogP contribution < -0.4 is 10.5 Å². The molecule has 0 aliphatic carbocycles. The molecular formula is C11H17NO2. The number of phenols is 1. The van der Waals surface area contributed by atoms with Crippen LogP contribution in [0.15, 0.2) is 18.2 Å². The predicted molar refractivity (Wildman–Crippen MR) is 56.5 cm³/mol. The maximum absolute atomic E-state index is 9.50. The first-order valence-corrected chi connectivity index (χ1v) is 4.86. The van der Waals surface area contributed by atoms with Gasteiger partial charge >= 0.3 is 0 Å². The van der Waals surface area contributed by atoms with Crippen LogP contribution in [0.5, 0.6) is 11.5 Å². The van der Waals surface area contributed by atoms with Crippen molar-refractivity contribution in [3.05, 3.63) is 23.8 Å². The summed E-state index contributed by atoms with van der Waals surface area (Å²) in [5.41, 5.74) is 6.42. The van der Waals surface area contributed by atoms with Gasteiger partial charge < -0.3 is 15.6 Å². The van der Waals surface area contributed by atoms with Crippen molar-refractivity contribution < 1.29 is 9.84 Å². The summed E-state index contributed by atoms with van der Waals surface area (Å²) in [7, 11) is 0. The molecule has 0 spiro atoms. The van der Waals surface area contributed by atoms with Crippen LogP contribution in [0.3, 0.4) is 0 Å². The topological polar surface area (TPSA) is 55.5 Å². The molecule has 1 atom stereocenters. The van der Waals surface area contributed by atoms with Crippen molar-refractivity contribution in [3.8, 4) is 11.5 Å². The minimum atomic E-state index is -0.180. The van der Waals surface area contributed by atoms with Crippen LogP contribution in [0.1, 0.15) is 31.9 Å². The van der Waals surface area contributed by atoms with E-state index < -0.39 is 0 Å². The second-order valence-electron chi connectivity index (χ2n) is 3.36. The molecule has 1 unspecified atom stereocenters. The average Bonchev–Trinajstić information content (AvgIpc) is 2.16. The fraction of sp³-hybridized carbons (Fsp3) is 0.455. The van der Waals surface area contributed by atoms with E-state index in [9.17, 15) is 5.11 Å². The van der Waals surface area contributed by atoms with Gasteiger partial charge in [0, 0.05) is 11.6 Å².